The lowest BCUT2D eigenvalue weighted by molar-refractivity contribution is 0.293. The Kier molecular flexibility index (Phi) is 9.29. The number of hydrogen-bond acceptors (Lipinski definition) is 3. The average molecular weight is 404 g/mol. The van der Waals surface area contributed by atoms with Crippen LogP contribution >= 0.6 is 0 Å². The van der Waals surface area contributed by atoms with E-state index < -0.39 is 0 Å². The molecule has 158 valence electrons. The largest absolute Gasteiger partial charge is 0.493 e. The van der Waals surface area contributed by atoms with E-state index in [1.807, 2.05) is 12.1 Å². The van der Waals surface area contributed by atoms with Crippen LogP contribution in [0.25, 0.3) is 0 Å². The topological polar surface area (TPSA) is 30.5 Å². The lowest BCUT2D eigenvalue weighted by Crippen LogP contribution is -2.13. The molecule has 0 radical (unpaired) electrons. The van der Waals surface area contributed by atoms with Crippen molar-refractivity contribution >= 4 is 0 Å². The van der Waals surface area contributed by atoms with E-state index in [0.717, 1.165) is 50.3 Å². The highest BCUT2D eigenvalue weighted by molar-refractivity contribution is 5.40. The van der Waals surface area contributed by atoms with Crippen LogP contribution in [0.5, 0.6) is 11.5 Å². The molecule has 3 aromatic carbocycles. The summed E-state index contributed by atoms with van der Waals surface area (Å²) in [6.45, 7) is 5.26. The van der Waals surface area contributed by atoms with Gasteiger partial charge in [-0.25, -0.2) is 0 Å². The SMILES string of the molecule is CCNCc1ccc(OCCCc2ccccc2)cc1OCCCc1ccccc1. The predicted molar refractivity (Wildman–Crippen MR) is 124 cm³/mol. The third-order valence-electron chi connectivity index (χ3n) is 5.04. The number of rotatable bonds is 13. The Balaban J connectivity index is 1.50. The molecule has 1 N–H and O–H groups in total. The highest BCUT2D eigenvalue weighted by Gasteiger charge is 2.07. The number of hydrogen-bond donors (Lipinski definition) is 1. The Labute approximate surface area is 181 Å². The number of aryl methyl sites for hydroxylation is 2. The monoisotopic (exact) mass is 403 g/mol. The molecule has 3 rings (SSSR count). The van der Waals surface area contributed by atoms with Crippen molar-refractivity contribution < 1.29 is 9.47 Å². The van der Waals surface area contributed by atoms with Crippen LogP contribution in [0.4, 0.5) is 0 Å². The van der Waals surface area contributed by atoms with Gasteiger partial charge in [0.25, 0.3) is 0 Å². The summed E-state index contributed by atoms with van der Waals surface area (Å²) in [7, 11) is 0. The normalized spacial score (nSPS) is 10.7. The van der Waals surface area contributed by atoms with E-state index in [1.165, 1.54) is 16.7 Å². The van der Waals surface area contributed by atoms with Crippen molar-refractivity contribution in [1.29, 1.82) is 0 Å². The van der Waals surface area contributed by atoms with Crippen LogP contribution in [0, 0.1) is 0 Å². The first kappa shape index (κ1) is 21.9. The van der Waals surface area contributed by atoms with Gasteiger partial charge in [-0.05, 0) is 49.4 Å². The number of ether oxygens (including phenoxy) is 2. The van der Waals surface area contributed by atoms with Gasteiger partial charge in [0.1, 0.15) is 11.5 Å². The molecule has 0 bridgehead atoms. The summed E-state index contributed by atoms with van der Waals surface area (Å²) in [6, 6.07) is 27.3. The van der Waals surface area contributed by atoms with Gasteiger partial charge in [0.15, 0.2) is 0 Å². The van der Waals surface area contributed by atoms with Gasteiger partial charge in [-0.3, -0.25) is 0 Å². The highest BCUT2D eigenvalue weighted by Crippen LogP contribution is 2.25. The lowest BCUT2D eigenvalue weighted by atomic mass is 10.1. The molecule has 3 heteroatoms. The number of benzene rings is 3. The molecule has 0 aliphatic carbocycles. The summed E-state index contributed by atoms with van der Waals surface area (Å²) in [5.74, 6) is 1.80. The van der Waals surface area contributed by atoms with Crippen LogP contribution < -0.4 is 14.8 Å². The van der Waals surface area contributed by atoms with E-state index in [1.54, 1.807) is 0 Å². The standard InChI is InChI=1S/C27H33NO2/c1-2-28-22-25-17-18-26(29-19-9-15-23-11-5-3-6-12-23)21-27(25)30-20-10-16-24-13-7-4-8-14-24/h3-8,11-14,17-18,21,28H,2,9-10,15-16,19-20,22H2,1H3. The fourth-order valence-electron chi connectivity index (χ4n) is 3.38. The van der Waals surface area contributed by atoms with E-state index in [9.17, 15) is 0 Å². The Morgan fingerprint density at radius 2 is 1.30 bits per heavy atom. The van der Waals surface area contributed by atoms with Crippen molar-refractivity contribution in [2.45, 2.75) is 39.2 Å². The lowest BCUT2D eigenvalue weighted by Gasteiger charge is -2.14. The van der Waals surface area contributed by atoms with Gasteiger partial charge in [-0.1, -0.05) is 73.7 Å². The van der Waals surface area contributed by atoms with Crippen LogP contribution in [-0.2, 0) is 19.4 Å². The smallest absolute Gasteiger partial charge is 0.127 e. The number of nitrogens with one attached hydrogen (secondary N) is 1. The first-order chi connectivity index (χ1) is 14.8. The molecule has 0 aliphatic rings. The molecule has 0 unspecified atom stereocenters. The molecule has 3 aromatic rings. The highest BCUT2D eigenvalue weighted by atomic mass is 16.5. The third kappa shape index (κ3) is 7.57. The Hall–Kier alpha value is -2.78. The molecule has 0 amide bonds. The minimum Gasteiger partial charge on any atom is -0.493 e. The second kappa shape index (κ2) is 12.7. The molecule has 30 heavy (non-hydrogen) atoms. The quantitative estimate of drug-likeness (QED) is 0.365. The zero-order chi connectivity index (χ0) is 20.9. The van der Waals surface area contributed by atoms with Crippen molar-refractivity contribution in [3.8, 4) is 11.5 Å². The summed E-state index contributed by atoms with van der Waals surface area (Å²) in [5, 5.41) is 3.39. The van der Waals surface area contributed by atoms with Gasteiger partial charge in [0.05, 0.1) is 13.2 Å². The van der Waals surface area contributed by atoms with Crippen molar-refractivity contribution in [3.63, 3.8) is 0 Å². The predicted octanol–water partition coefficient (Wildman–Crippen LogP) is 5.82. The van der Waals surface area contributed by atoms with Crippen LogP contribution in [0.1, 0.15) is 36.5 Å². The molecular weight excluding hydrogens is 370 g/mol. The molecule has 0 saturated heterocycles. The van der Waals surface area contributed by atoms with Crippen molar-refractivity contribution in [1.82, 2.24) is 5.32 Å². The van der Waals surface area contributed by atoms with E-state index >= 15 is 0 Å². The van der Waals surface area contributed by atoms with E-state index in [-0.39, 0.29) is 0 Å². The van der Waals surface area contributed by atoms with Gasteiger partial charge in [-0.15, -0.1) is 0 Å². The fraction of sp³-hybridized carbons (Fsp3) is 0.333. The second-order valence-corrected chi connectivity index (χ2v) is 7.43. The first-order valence-electron chi connectivity index (χ1n) is 11.0. The van der Waals surface area contributed by atoms with Gasteiger partial charge in [-0.2, -0.15) is 0 Å². The molecule has 3 nitrogen and oxygen atoms in total. The molecule has 0 spiro atoms. The molecule has 0 fully saturated rings. The minimum absolute atomic E-state index is 0.700. The maximum absolute atomic E-state index is 6.15. The summed E-state index contributed by atoms with van der Waals surface area (Å²) >= 11 is 0. The molecular formula is C27H33NO2. The summed E-state index contributed by atoms with van der Waals surface area (Å²) in [6.07, 6.45) is 4.05. The van der Waals surface area contributed by atoms with E-state index in [4.69, 9.17) is 9.47 Å². The second-order valence-electron chi connectivity index (χ2n) is 7.43. The van der Waals surface area contributed by atoms with Crippen molar-refractivity contribution in [2.24, 2.45) is 0 Å². The minimum atomic E-state index is 0.700. The summed E-state index contributed by atoms with van der Waals surface area (Å²) in [4.78, 5) is 0. The average Bonchev–Trinajstić information content (AvgIpc) is 2.80. The maximum atomic E-state index is 6.15. The van der Waals surface area contributed by atoms with Crippen LogP contribution in [0.3, 0.4) is 0 Å². The zero-order valence-electron chi connectivity index (χ0n) is 18.0. The van der Waals surface area contributed by atoms with Crippen LogP contribution in [0.2, 0.25) is 0 Å². The van der Waals surface area contributed by atoms with Crippen molar-refractivity contribution in [2.75, 3.05) is 19.8 Å². The fourth-order valence-corrected chi connectivity index (χ4v) is 3.38. The van der Waals surface area contributed by atoms with Gasteiger partial charge in [0, 0.05) is 18.2 Å². The zero-order valence-corrected chi connectivity index (χ0v) is 18.0. The summed E-state index contributed by atoms with van der Waals surface area (Å²) < 4.78 is 12.2. The van der Waals surface area contributed by atoms with Crippen LogP contribution in [0.15, 0.2) is 78.9 Å². The molecule has 0 heterocycles. The first-order valence-corrected chi connectivity index (χ1v) is 11.0. The molecule has 0 aromatic heterocycles. The van der Waals surface area contributed by atoms with Gasteiger partial charge >= 0.3 is 0 Å². The Morgan fingerprint density at radius 3 is 1.90 bits per heavy atom. The van der Waals surface area contributed by atoms with Crippen LogP contribution in [-0.4, -0.2) is 19.8 Å². The van der Waals surface area contributed by atoms with Gasteiger partial charge < -0.3 is 14.8 Å². The summed E-state index contributed by atoms with van der Waals surface area (Å²) in [5.41, 5.74) is 3.88. The molecule has 0 aliphatic heterocycles. The van der Waals surface area contributed by atoms with Gasteiger partial charge in [0.2, 0.25) is 0 Å². The maximum Gasteiger partial charge on any atom is 0.127 e. The van der Waals surface area contributed by atoms with E-state index in [2.05, 4.69) is 79.0 Å². The molecule has 0 atom stereocenters. The van der Waals surface area contributed by atoms with E-state index in [0.29, 0.717) is 13.2 Å². The Bertz CT molecular complexity index is 849. The third-order valence-corrected chi connectivity index (χ3v) is 5.04. The van der Waals surface area contributed by atoms with Crippen molar-refractivity contribution in [3.05, 3.63) is 95.6 Å². The molecule has 0 saturated carbocycles. The Morgan fingerprint density at radius 1 is 0.700 bits per heavy atom.